The van der Waals surface area contributed by atoms with E-state index in [-0.39, 0.29) is 8.73 Å². The first kappa shape index (κ1) is 31.6. The van der Waals surface area contributed by atoms with E-state index in [4.69, 9.17) is 29.9 Å². The molecule has 51 heavy (non-hydrogen) atoms. The largest absolute Gasteiger partial charge is 0.322 e. The summed E-state index contributed by atoms with van der Waals surface area (Å²) in [6.45, 7) is 0. The number of hydrogen-bond donors (Lipinski definition) is 1. The smallest absolute Gasteiger partial charge is 0.237 e. The van der Waals surface area contributed by atoms with Crippen molar-refractivity contribution in [3.63, 3.8) is 0 Å². The molecule has 0 aliphatic carbocycles. The molecule has 2 aromatic heterocycles. The Balaban J connectivity index is 1.27. The third kappa shape index (κ3) is 7.37. The normalized spacial score (nSPS) is 11.1. The van der Waals surface area contributed by atoms with E-state index < -0.39 is 0 Å². The Morgan fingerprint density at radius 1 is 0.373 bits per heavy atom. The van der Waals surface area contributed by atoms with E-state index >= 15 is 0 Å². The summed E-state index contributed by atoms with van der Waals surface area (Å²) in [6.07, 6.45) is 0. The Hall–Kier alpha value is -6.63. The summed E-state index contributed by atoms with van der Waals surface area (Å²) in [5.74, 6) is 3.26. The number of anilines is 4. The monoisotopic (exact) mass is 678 g/mol. The highest BCUT2D eigenvalue weighted by atomic mass is 31.1. The van der Waals surface area contributed by atoms with Crippen LogP contribution in [-0.4, -0.2) is 29.9 Å². The Morgan fingerprint density at radius 2 is 0.745 bits per heavy atom. The highest BCUT2D eigenvalue weighted by Crippen LogP contribution is 2.40. The number of nitrogens with one attached hydrogen (secondary N) is 1. The summed E-state index contributed by atoms with van der Waals surface area (Å²) in [5.41, 5.74) is 5.24. The molecule has 1 unspecified atom stereocenters. The van der Waals surface area contributed by atoms with Crippen LogP contribution in [0.15, 0.2) is 176 Å². The molecular weight excluding hydrogens is 647 g/mol. The SMILES string of the molecule is c1ccc(PN(c2nc(-c3ccccc3)nc(-c3ccccc3)n2)c2ccccc2Nc2nc(-c3ccccc3)nc(-c3ccccc3)n2)cc1. The predicted octanol–water partition coefficient (Wildman–Crippen LogP) is 9.53. The van der Waals surface area contributed by atoms with Gasteiger partial charge in [0.15, 0.2) is 23.3 Å². The summed E-state index contributed by atoms with van der Waals surface area (Å²) in [6, 6.07) is 58.3. The third-order valence-electron chi connectivity index (χ3n) is 7.99. The minimum absolute atomic E-state index is 0.153. The Labute approximate surface area is 297 Å². The van der Waals surface area contributed by atoms with Crippen molar-refractivity contribution in [3.8, 4) is 45.6 Å². The number of aromatic nitrogens is 6. The number of benzene rings is 6. The van der Waals surface area contributed by atoms with Crippen LogP contribution in [0.25, 0.3) is 45.6 Å². The summed E-state index contributed by atoms with van der Waals surface area (Å²) in [7, 11) is 0.153. The molecule has 1 N–H and O–H groups in total. The van der Waals surface area contributed by atoms with Gasteiger partial charge in [0.1, 0.15) is 0 Å². The first-order valence-corrected chi connectivity index (χ1v) is 17.4. The van der Waals surface area contributed by atoms with Crippen molar-refractivity contribution >= 4 is 37.3 Å². The van der Waals surface area contributed by atoms with Gasteiger partial charge in [-0.25, -0.2) is 9.97 Å². The molecule has 0 bridgehead atoms. The molecular formula is C42H31N8P. The molecule has 2 heterocycles. The molecule has 8 rings (SSSR count). The highest BCUT2D eigenvalue weighted by molar-refractivity contribution is 7.49. The summed E-state index contributed by atoms with van der Waals surface area (Å²) in [4.78, 5) is 29.8. The topological polar surface area (TPSA) is 92.6 Å². The molecule has 0 amide bonds. The number of nitrogens with zero attached hydrogens (tertiary/aromatic N) is 7. The average Bonchev–Trinajstić information content (AvgIpc) is 3.22. The van der Waals surface area contributed by atoms with E-state index in [1.807, 2.05) is 158 Å². The fourth-order valence-electron chi connectivity index (χ4n) is 5.52. The third-order valence-corrected chi connectivity index (χ3v) is 9.25. The van der Waals surface area contributed by atoms with Gasteiger partial charge in [0, 0.05) is 31.0 Å². The van der Waals surface area contributed by atoms with Crippen LogP contribution in [-0.2, 0) is 0 Å². The van der Waals surface area contributed by atoms with E-state index in [2.05, 4.69) is 28.2 Å². The lowest BCUT2D eigenvalue weighted by atomic mass is 10.2. The van der Waals surface area contributed by atoms with Gasteiger partial charge in [-0.2, -0.15) is 19.9 Å². The Morgan fingerprint density at radius 3 is 1.20 bits per heavy atom. The number of para-hydroxylation sites is 2. The van der Waals surface area contributed by atoms with Gasteiger partial charge in [-0.3, -0.25) is 4.67 Å². The molecule has 0 radical (unpaired) electrons. The second kappa shape index (κ2) is 14.9. The Bertz CT molecular complexity index is 2250. The molecule has 0 spiro atoms. The maximum atomic E-state index is 5.10. The summed E-state index contributed by atoms with van der Waals surface area (Å²) in [5, 5.41) is 4.67. The van der Waals surface area contributed by atoms with Crippen LogP contribution in [0, 0.1) is 0 Å². The van der Waals surface area contributed by atoms with E-state index in [9.17, 15) is 0 Å². The van der Waals surface area contributed by atoms with Crippen molar-refractivity contribution in [1.82, 2.24) is 29.9 Å². The van der Waals surface area contributed by atoms with Gasteiger partial charge in [0.2, 0.25) is 11.9 Å². The van der Waals surface area contributed by atoms with E-state index in [1.165, 1.54) is 0 Å². The van der Waals surface area contributed by atoms with Gasteiger partial charge < -0.3 is 5.32 Å². The van der Waals surface area contributed by atoms with E-state index in [1.54, 1.807) is 0 Å². The Kier molecular flexibility index (Phi) is 9.22. The second-order valence-corrected chi connectivity index (χ2v) is 12.8. The molecule has 0 aliphatic rings. The van der Waals surface area contributed by atoms with Crippen molar-refractivity contribution in [2.24, 2.45) is 0 Å². The molecule has 244 valence electrons. The first-order valence-electron chi connectivity index (χ1n) is 16.5. The minimum Gasteiger partial charge on any atom is -0.322 e. The predicted molar refractivity (Wildman–Crippen MR) is 208 cm³/mol. The highest BCUT2D eigenvalue weighted by Gasteiger charge is 2.21. The van der Waals surface area contributed by atoms with Crippen LogP contribution in [0.2, 0.25) is 0 Å². The summed E-state index contributed by atoms with van der Waals surface area (Å²) >= 11 is 0. The van der Waals surface area contributed by atoms with Crippen molar-refractivity contribution in [2.75, 3.05) is 9.99 Å². The second-order valence-electron chi connectivity index (χ2n) is 11.5. The van der Waals surface area contributed by atoms with Crippen LogP contribution >= 0.6 is 8.73 Å². The number of rotatable bonds is 10. The standard InChI is InChI=1S/C42H31N8P/c1-6-18-30(19-7-1)37-44-38(31-20-8-2-9-21-31)47-41(46-37)43-35-28-16-17-29-36(35)50(51-34-26-14-5-15-27-34)42-48-39(32-22-10-3-11-23-32)45-40(49-42)33-24-12-4-13-25-33/h1-29,51H,(H,43,44,46,47). The van der Waals surface area contributed by atoms with E-state index in [0.717, 1.165) is 38.9 Å². The zero-order chi connectivity index (χ0) is 34.2. The van der Waals surface area contributed by atoms with Gasteiger partial charge >= 0.3 is 0 Å². The van der Waals surface area contributed by atoms with Crippen LogP contribution in [0.1, 0.15) is 0 Å². The van der Waals surface area contributed by atoms with Gasteiger partial charge in [-0.05, 0) is 17.4 Å². The minimum atomic E-state index is 0.153. The molecule has 0 saturated heterocycles. The molecule has 0 saturated carbocycles. The quantitative estimate of drug-likeness (QED) is 0.143. The molecule has 6 aromatic carbocycles. The van der Waals surface area contributed by atoms with Crippen molar-refractivity contribution in [3.05, 3.63) is 176 Å². The molecule has 8 nitrogen and oxygen atoms in total. The van der Waals surface area contributed by atoms with Crippen molar-refractivity contribution in [2.45, 2.75) is 0 Å². The average molecular weight is 679 g/mol. The molecule has 0 aliphatic heterocycles. The first-order chi connectivity index (χ1) is 25.3. The zero-order valence-electron chi connectivity index (χ0n) is 27.4. The fraction of sp³-hybridized carbons (Fsp3) is 0. The number of hydrogen-bond acceptors (Lipinski definition) is 8. The van der Waals surface area contributed by atoms with Gasteiger partial charge in [-0.15, -0.1) is 0 Å². The van der Waals surface area contributed by atoms with Gasteiger partial charge in [0.25, 0.3) is 0 Å². The lowest BCUT2D eigenvalue weighted by molar-refractivity contribution is 1.05. The molecule has 9 heteroatoms. The maximum absolute atomic E-state index is 5.10. The van der Waals surface area contributed by atoms with Crippen LogP contribution in [0.5, 0.6) is 0 Å². The zero-order valence-corrected chi connectivity index (χ0v) is 28.4. The fourth-order valence-corrected chi connectivity index (χ4v) is 6.63. The van der Waals surface area contributed by atoms with Crippen LogP contribution in [0.4, 0.5) is 23.3 Å². The van der Waals surface area contributed by atoms with Crippen molar-refractivity contribution in [1.29, 1.82) is 0 Å². The lowest BCUT2D eigenvalue weighted by Crippen LogP contribution is -2.16. The summed E-state index contributed by atoms with van der Waals surface area (Å²) < 4.78 is 2.13. The lowest BCUT2D eigenvalue weighted by Gasteiger charge is -2.26. The van der Waals surface area contributed by atoms with Gasteiger partial charge in [-0.1, -0.05) is 164 Å². The van der Waals surface area contributed by atoms with Crippen molar-refractivity contribution < 1.29 is 0 Å². The molecule has 8 aromatic rings. The van der Waals surface area contributed by atoms with Gasteiger partial charge in [0.05, 0.1) is 11.4 Å². The van der Waals surface area contributed by atoms with Crippen LogP contribution < -0.4 is 15.3 Å². The van der Waals surface area contributed by atoms with Crippen LogP contribution in [0.3, 0.4) is 0 Å². The van der Waals surface area contributed by atoms with E-state index in [0.29, 0.717) is 35.2 Å². The molecule has 1 atom stereocenters. The maximum Gasteiger partial charge on any atom is 0.237 e. The molecule has 0 fully saturated rings.